The molecule has 1 heterocycles. The highest BCUT2D eigenvalue weighted by atomic mass is 127. The Morgan fingerprint density at radius 1 is 1.33 bits per heavy atom. The number of thioether (sulfide) groups is 1. The van der Waals surface area contributed by atoms with Crippen molar-refractivity contribution in [1.82, 2.24) is 25.4 Å². The van der Waals surface area contributed by atoms with Crippen molar-refractivity contribution in [2.24, 2.45) is 12.0 Å². The summed E-state index contributed by atoms with van der Waals surface area (Å²) < 4.78 is 8.48. The highest BCUT2D eigenvalue weighted by molar-refractivity contribution is 14.0. The molecule has 0 fully saturated rings. The average Bonchev–Trinajstić information content (AvgIpc) is 3.03. The van der Waals surface area contributed by atoms with E-state index in [9.17, 15) is 0 Å². The number of rotatable bonds is 10. The van der Waals surface area contributed by atoms with E-state index in [1.54, 1.807) is 4.68 Å². The zero-order valence-corrected chi connectivity index (χ0v) is 20.3. The number of benzene rings is 1. The first kappa shape index (κ1) is 24.0. The molecule has 7 nitrogen and oxygen atoms in total. The third kappa shape index (κ3) is 9.65. The van der Waals surface area contributed by atoms with Crippen molar-refractivity contribution in [1.29, 1.82) is 0 Å². The van der Waals surface area contributed by atoms with Crippen LogP contribution in [0, 0.1) is 0 Å². The maximum Gasteiger partial charge on any atom is 0.191 e. The number of aliphatic imine (C=N–C) groups is 1. The van der Waals surface area contributed by atoms with Gasteiger partial charge in [0, 0.05) is 36.1 Å². The van der Waals surface area contributed by atoms with E-state index in [-0.39, 0.29) is 24.0 Å². The zero-order chi connectivity index (χ0) is 18.6. The number of nitrogens with one attached hydrogen (secondary N) is 2. The Hall–Kier alpha value is -1.01. The first-order chi connectivity index (χ1) is 12.7. The van der Waals surface area contributed by atoms with Crippen molar-refractivity contribution in [2.45, 2.75) is 13.5 Å². The largest absolute Gasteiger partial charge is 0.493 e. The van der Waals surface area contributed by atoms with Crippen LogP contribution in [0.3, 0.4) is 0 Å². The Bertz CT molecular complexity index is 700. The number of aryl methyl sites for hydroxylation is 1. The zero-order valence-electron chi connectivity index (χ0n) is 15.5. The van der Waals surface area contributed by atoms with Crippen molar-refractivity contribution in [2.75, 3.05) is 31.2 Å². The summed E-state index contributed by atoms with van der Waals surface area (Å²) in [5.41, 5.74) is 0. The summed E-state index contributed by atoms with van der Waals surface area (Å²) in [5.74, 6) is 4.45. The number of guanidine groups is 1. The molecule has 0 atom stereocenters. The van der Waals surface area contributed by atoms with Crippen molar-refractivity contribution in [3.05, 3.63) is 40.9 Å². The van der Waals surface area contributed by atoms with Crippen LogP contribution in [-0.2, 0) is 13.6 Å². The molecule has 1 aromatic heterocycles. The van der Waals surface area contributed by atoms with Crippen molar-refractivity contribution in [3.63, 3.8) is 0 Å². The van der Waals surface area contributed by atoms with Gasteiger partial charge in [-0.25, -0.2) is 9.98 Å². The summed E-state index contributed by atoms with van der Waals surface area (Å²) in [6.07, 6.45) is 1.54. The topological polar surface area (TPSA) is 76.4 Å². The number of halogens is 2. The van der Waals surface area contributed by atoms with E-state index in [1.165, 1.54) is 6.33 Å². The van der Waals surface area contributed by atoms with Gasteiger partial charge in [-0.15, -0.1) is 24.0 Å². The fourth-order valence-electron chi connectivity index (χ4n) is 2.07. The molecule has 0 amide bonds. The summed E-state index contributed by atoms with van der Waals surface area (Å²) >= 11 is 5.29. The van der Waals surface area contributed by atoms with Crippen molar-refractivity contribution < 1.29 is 4.74 Å². The number of ether oxygens (including phenoxy) is 1. The summed E-state index contributed by atoms with van der Waals surface area (Å²) in [6, 6.07) is 7.90. The summed E-state index contributed by atoms with van der Waals surface area (Å²) in [5, 5.41) is 10.6. The molecular formula is C17H26BrIN6OS. The second kappa shape index (κ2) is 14.1. The molecule has 27 heavy (non-hydrogen) atoms. The number of hydrogen-bond acceptors (Lipinski definition) is 5. The minimum atomic E-state index is 0. The predicted molar refractivity (Wildman–Crippen MR) is 126 cm³/mol. The fourth-order valence-corrected chi connectivity index (χ4v) is 3.10. The quantitative estimate of drug-likeness (QED) is 0.199. The Labute approximate surface area is 190 Å². The van der Waals surface area contributed by atoms with Gasteiger partial charge in [0.1, 0.15) is 24.4 Å². The van der Waals surface area contributed by atoms with Gasteiger partial charge in [0.15, 0.2) is 5.96 Å². The molecule has 0 spiro atoms. The molecule has 2 N–H and O–H groups in total. The average molecular weight is 569 g/mol. The molecule has 0 saturated carbocycles. The Balaban J connectivity index is 0.00000364. The lowest BCUT2D eigenvalue weighted by Crippen LogP contribution is -2.38. The predicted octanol–water partition coefficient (Wildman–Crippen LogP) is 3.06. The summed E-state index contributed by atoms with van der Waals surface area (Å²) in [6.45, 7) is 4.90. The lowest BCUT2D eigenvalue weighted by molar-refractivity contribution is 0.344. The third-order valence-corrected chi connectivity index (χ3v) is 4.80. The molecule has 0 bridgehead atoms. The third-order valence-electron chi connectivity index (χ3n) is 3.36. The Morgan fingerprint density at radius 2 is 2.19 bits per heavy atom. The second-order valence-electron chi connectivity index (χ2n) is 5.34. The first-order valence-corrected chi connectivity index (χ1v) is 10.4. The van der Waals surface area contributed by atoms with Crippen LogP contribution >= 0.6 is 51.7 Å². The molecule has 0 saturated heterocycles. The van der Waals surface area contributed by atoms with E-state index in [4.69, 9.17) is 4.74 Å². The van der Waals surface area contributed by atoms with Crippen LogP contribution in [0.5, 0.6) is 5.75 Å². The number of hydrogen-bond donors (Lipinski definition) is 2. The first-order valence-electron chi connectivity index (χ1n) is 8.50. The van der Waals surface area contributed by atoms with E-state index in [0.717, 1.165) is 46.6 Å². The van der Waals surface area contributed by atoms with Gasteiger partial charge in [-0.1, -0.05) is 22.0 Å². The van der Waals surface area contributed by atoms with Crippen LogP contribution in [0.1, 0.15) is 12.7 Å². The standard InChI is InChI=1S/C17H25BrN6OS.HI/c1-3-19-17(21-12-16-22-13-23-24(16)2)20-7-9-26-10-8-25-15-6-4-5-14(18)11-15;/h4-6,11,13H,3,7-10,12H2,1-2H3,(H2,19,20,21);1H. The minimum Gasteiger partial charge on any atom is -0.493 e. The number of aromatic nitrogens is 3. The highest BCUT2D eigenvalue weighted by Gasteiger charge is 2.01. The highest BCUT2D eigenvalue weighted by Crippen LogP contribution is 2.17. The van der Waals surface area contributed by atoms with E-state index in [1.807, 2.05) is 50.0 Å². The van der Waals surface area contributed by atoms with Crippen molar-refractivity contribution in [3.8, 4) is 5.75 Å². The number of nitrogens with zero attached hydrogens (tertiary/aromatic N) is 4. The van der Waals surface area contributed by atoms with Gasteiger partial charge in [-0.3, -0.25) is 4.68 Å². The summed E-state index contributed by atoms with van der Waals surface area (Å²) in [7, 11) is 1.87. The van der Waals surface area contributed by atoms with E-state index < -0.39 is 0 Å². The Kier molecular flexibility index (Phi) is 12.5. The molecule has 0 unspecified atom stereocenters. The van der Waals surface area contributed by atoms with Crippen LogP contribution in [0.25, 0.3) is 0 Å². The van der Waals surface area contributed by atoms with Gasteiger partial charge in [0.25, 0.3) is 0 Å². The fraction of sp³-hybridized carbons (Fsp3) is 0.471. The molecular weight excluding hydrogens is 543 g/mol. The van der Waals surface area contributed by atoms with Gasteiger partial charge in [0.2, 0.25) is 0 Å². The molecule has 2 rings (SSSR count). The van der Waals surface area contributed by atoms with Gasteiger partial charge < -0.3 is 15.4 Å². The van der Waals surface area contributed by atoms with Crippen LogP contribution < -0.4 is 15.4 Å². The van der Waals surface area contributed by atoms with Crippen LogP contribution in [-0.4, -0.2) is 51.9 Å². The monoisotopic (exact) mass is 568 g/mol. The lowest BCUT2D eigenvalue weighted by atomic mass is 10.3. The normalized spacial score (nSPS) is 11.0. The molecule has 0 aliphatic heterocycles. The SMILES string of the molecule is CCNC(=NCc1ncnn1C)NCCSCCOc1cccc(Br)c1.I. The maximum absolute atomic E-state index is 5.72. The summed E-state index contributed by atoms with van der Waals surface area (Å²) in [4.78, 5) is 8.71. The molecule has 2 aromatic rings. The van der Waals surface area contributed by atoms with Crippen LogP contribution in [0.4, 0.5) is 0 Å². The molecule has 0 aliphatic carbocycles. The van der Waals surface area contributed by atoms with Gasteiger partial charge >= 0.3 is 0 Å². The van der Waals surface area contributed by atoms with Crippen molar-refractivity contribution >= 4 is 57.6 Å². The second-order valence-corrected chi connectivity index (χ2v) is 7.48. The molecule has 0 radical (unpaired) electrons. The maximum atomic E-state index is 5.72. The lowest BCUT2D eigenvalue weighted by Gasteiger charge is -2.11. The van der Waals surface area contributed by atoms with Crippen LogP contribution in [0.2, 0.25) is 0 Å². The smallest absolute Gasteiger partial charge is 0.191 e. The van der Waals surface area contributed by atoms with Gasteiger partial charge in [0.05, 0.1) is 6.61 Å². The minimum absolute atomic E-state index is 0. The van der Waals surface area contributed by atoms with Gasteiger partial charge in [-0.05, 0) is 25.1 Å². The molecule has 0 aliphatic rings. The van der Waals surface area contributed by atoms with E-state index >= 15 is 0 Å². The van der Waals surface area contributed by atoms with Crippen LogP contribution in [0.15, 0.2) is 40.1 Å². The van der Waals surface area contributed by atoms with E-state index in [0.29, 0.717) is 13.2 Å². The molecule has 1 aromatic carbocycles. The molecule has 10 heteroatoms. The van der Waals surface area contributed by atoms with Gasteiger partial charge in [-0.2, -0.15) is 16.9 Å². The van der Waals surface area contributed by atoms with E-state index in [2.05, 4.69) is 41.6 Å². The molecule has 150 valence electrons. The Morgan fingerprint density at radius 3 is 2.89 bits per heavy atom.